The van der Waals surface area contributed by atoms with Crippen LogP contribution in [-0.4, -0.2) is 11.5 Å². The maximum atomic E-state index is 4.88. The van der Waals surface area contributed by atoms with Crippen LogP contribution < -0.4 is 5.32 Å². The normalized spacial score (nSPS) is 16.9. The summed E-state index contributed by atoms with van der Waals surface area (Å²) in [5.74, 6) is 0. The van der Waals surface area contributed by atoms with Gasteiger partial charge in [-0.05, 0) is 44.1 Å². The maximum Gasteiger partial charge on any atom is 0.110 e. The van der Waals surface area contributed by atoms with Crippen molar-refractivity contribution >= 4 is 11.3 Å². The summed E-state index contributed by atoms with van der Waals surface area (Å²) in [4.78, 5) is 6.43. The molecule has 102 valence electrons. The van der Waals surface area contributed by atoms with Gasteiger partial charge in [0, 0.05) is 4.88 Å². The smallest absolute Gasteiger partial charge is 0.110 e. The van der Waals surface area contributed by atoms with Gasteiger partial charge >= 0.3 is 0 Å². The minimum Gasteiger partial charge on any atom is -0.308 e. The molecule has 0 bridgehead atoms. The van der Waals surface area contributed by atoms with Crippen LogP contribution in [0.1, 0.15) is 68.6 Å². The lowest BCUT2D eigenvalue weighted by molar-refractivity contribution is 0.311. The molecular weight excluding hydrogens is 240 g/mol. The maximum absolute atomic E-state index is 4.88. The largest absolute Gasteiger partial charge is 0.308 e. The lowest BCUT2D eigenvalue weighted by atomic mass is 9.88. The molecule has 1 N–H and O–H groups in total. The summed E-state index contributed by atoms with van der Waals surface area (Å²) in [6.07, 6.45) is 6.11. The highest BCUT2D eigenvalue weighted by Crippen LogP contribution is 2.35. The van der Waals surface area contributed by atoms with Crippen LogP contribution in [-0.2, 0) is 12.8 Å². The molecule has 0 radical (unpaired) electrons. The number of hydrogen-bond acceptors (Lipinski definition) is 3. The average Bonchev–Trinajstić information content (AvgIpc) is 2.82. The highest BCUT2D eigenvalue weighted by atomic mass is 32.1. The Hall–Kier alpha value is -0.410. The number of rotatable bonds is 5. The third kappa shape index (κ3) is 3.55. The monoisotopic (exact) mass is 266 g/mol. The molecule has 1 aromatic heterocycles. The summed E-state index contributed by atoms with van der Waals surface area (Å²) >= 11 is 1.95. The number of aryl methyl sites for hydroxylation is 2. The molecule has 1 aromatic rings. The van der Waals surface area contributed by atoms with E-state index < -0.39 is 0 Å². The molecule has 1 heterocycles. The van der Waals surface area contributed by atoms with E-state index in [0.29, 0.717) is 11.5 Å². The Morgan fingerprint density at radius 3 is 2.72 bits per heavy atom. The van der Waals surface area contributed by atoms with E-state index in [1.54, 1.807) is 4.88 Å². The Kier molecular flexibility index (Phi) is 4.44. The van der Waals surface area contributed by atoms with Gasteiger partial charge in [-0.2, -0.15) is 0 Å². The summed E-state index contributed by atoms with van der Waals surface area (Å²) < 4.78 is 0. The number of nitrogens with zero attached hydrogens (tertiary/aromatic N) is 1. The zero-order valence-electron chi connectivity index (χ0n) is 12.2. The quantitative estimate of drug-likeness (QED) is 0.867. The molecule has 1 aliphatic rings. The van der Waals surface area contributed by atoms with Crippen LogP contribution in [0.5, 0.6) is 0 Å². The molecule has 1 unspecified atom stereocenters. The summed E-state index contributed by atoms with van der Waals surface area (Å²) in [6.45, 7) is 10.3. The first kappa shape index (κ1) is 14.0. The fourth-order valence-corrected chi connectivity index (χ4v) is 3.77. The van der Waals surface area contributed by atoms with E-state index in [0.717, 1.165) is 6.54 Å². The first-order chi connectivity index (χ1) is 8.49. The summed E-state index contributed by atoms with van der Waals surface area (Å²) in [5, 5.41) is 5.00. The van der Waals surface area contributed by atoms with Crippen LogP contribution in [0.25, 0.3) is 0 Å². The van der Waals surface area contributed by atoms with E-state index >= 15 is 0 Å². The fraction of sp³-hybridized carbons (Fsp3) is 0.800. The van der Waals surface area contributed by atoms with Crippen molar-refractivity contribution in [2.24, 2.45) is 5.41 Å². The Balaban J connectivity index is 2.11. The minimum absolute atomic E-state index is 0.349. The lowest BCUT2D eigenvalue weighted by Crippen LogP contribution is -2.26. The molecule has 0 aliphatic heterocycles. The van der Waals surface area contributed by atoms with Crippen molar-refractivity contribution in [3.05, 3.63) is 15.6 Å². The second-order valence-electron chi connectivity index (χ2n) is 6.55. The van der Waals surface area contributed by atoms with Gasteiger partial charge < -0.3 is 5.32 Å². The number of thiazole rings is 1. The molecule has 3 heteroatoms. The van der Waals surface area contributed by atoms with Gasteiger partial charge in [0.15, 0.2) is 0 Å². The topological polar surface area (TPSA) is 24.9 Å². The van der Waals surface area contributed by atoms with E-state index in [1.165, 1.54) is 42.8 Å². The van der Waals surface area contributed by atoms with E-state index in [2.05, 4.69) is 33.0 Å². The van der Waals surface area contributed by atoms with Crippen LogP contribution in [0.2, 0.25) is 0 Å². The molecule has 1 atom stereocenters. The van der Waals surface area contributed by atoms with Gasteiger partial charge in [-0.3, -0.25) is 0 Å². The molecule has 1 aliphatic carbocycles. The van der Waals surface area contributed by atoms with E-state index in [-0.39, 0.29) is 0 Å². The van der Waals surface area contributed by atoms with Crippen LogP contribution in [0.3, 0.4) is 0 Å². The van der Waals surface area contributed by atoms with Crippen LogP contribution in [0.4, 0.5) is 0 Å². The van der Waals surface area contributed by atoms with Gasteiger partial charge in [0.25, 0.3) is 0 Å². The number of nitrogens with one attached hydrogen (secondary N) is 1. The predicted octanol–water partition coefficient (Wildman–Crippen LogP) is 4.11. The van der Waals surface area contributed by atoms with Crippen molar-refractivity contribution < 1.29 is 0 Å². The summed E-state index contributed by atoms with van der Waals surface area (Å²) in [6, 6.07) is 0.445. The minimum atomic E-state index is 0.349. The van der Waals surface area contributed by atoms with Gasteiger partial charge in [0.1, 0.15) is 5.01 Å². The SMILES string of the molecule is CCCNC(CC(C)(C)C)c1nc2c(s1)CCC2. The molecular formula is C15H26N2S. The van der Waals surface area contributed by atoms with Crippen molar-refractivity contribution in [3.63, 3.8) is 0 Å². The first-order valence-electron chi connectivity index (χ1n) is 7.21. The molecule has 0 saturated heterocycles. The second kappa shape index (κ2) is 5.70. The first-order valence-corrected chi connectivity index (χ1v) is 8.03. The lowest BCUT2D eigenvalue weighted by Gasteiger charge is -2.25. The Bertz CT molecular complexity index is 368. The molecule has 0 spiro atoms. The molecule has 18 heavy (non-hydrogen) atoms. The molecule has 0 saturated carbocycles. The molecule has 2 rings (SSSR count). The van der Waals surface area contributed by atoms with Crippen molar-refractivity contribution in [3.8, 4) is 0 Å². The van der Waals surface area contributed by atoms with Crippen LogP contribution >= 0.6 is 11.3 Å². The standard InChI is InChI=1S/C15H26N2S/c1-5-9-16-12(10-15(2,3)4)14-17-11-7-6-8-13(11)18-14/h12,16H,5-10H2,1-4H3. The highest BCUT2D eigenvalue weighted by Gasteiger charge is 2.25. The summed E-state index contributed by atoms with van der Waals surface area (Å²) in [7, 11) is 0. The zero-order valence-corrected chi connectivity index (χ0v) is 13.0. The highest BCUT2D eigenvalue weighted by molar-refractivity contribution is 7.11. The Morgan fingerprint density at radius 2 is 2.11 bits per heavy atom. The zero-order chi connectivity index (χ0) is 13.2. The van der Waals surface area contributed by atoms with E-state index in [4.69, 9.17) is 4.98 Å². The molecule has 0 amide bonds. The summed E-state index contributed by atoms with van der Waals surface area (Å²) in [5.41, 5.74) is 1.73. The second-order valence-corrected chi connectivity index (χ2v) is 7.66. The average molecular weight is 266 g/mol. The number of hydrogen-bond donors (Lipinski definition) is 1. The molecule has 0 fully saturated rings. The Labute approximate surface area is 115 Å². The van der Waals surface area contributed by atoms with E-state index in [9.17, 15) is 0 Å². The van der Waals surface area contributed by atoms with Gasteiger partial charge in [-0.1, -0.05) is 27.7 Å². The van der Waals surface area contributed by atoms with Gasteiger partial charge in [-0.15, -0.1) is 11.3 Å². The molecule has 2 nitrogen and oxygen atoms in total. The van der Waals surface area contributed by atoms with Crippen LogP contribution in [0, 0.1) is 5.41 Å². The van der Waals surface area contributed by atoms with Crippen molar-refractivity contribution in [1.29, 1.82) is 0 Å². The van der Waals surface area contributed by atoms with Crippen molar-refractivity contribution in [2.75, 3.05) is 6.54 Å². The van der Waals surface area contributed by atoms with E-state index in [1.807, 2.05) is 11.3 Å². The van der Waals surface area contributed by atoms with Gasteiger partial charge in [0.2, 0.25) is 0 Å². The third-order valence-electron chi connectivity index (χ3n) is 3.37. The Morgan fingerprint density at radius 1 is 1.33 bits per heavy atom. The fourth-order valence-electron chi connectivity index (χ4n) is 2.54. The predicted molar refractivity (Wildman–Crippen MR) is 79.2 cm³/mol. The molecule has 0 aromatic carbocycles. The van der Waals surface area contributed by atoms with Crippen molar-refractivity contribution in [2.45, 2.75) is 65.8 Å². The third-order valence-corrected chi connectivity index (χ3v) is 4.64. The van der Waals surface area contributed by atoms with Gasteiger partial charge in [0.05, 0.1) is 11.7 Å². The number of aromatic nitrogens is 1. The van der Waals surface area contributed by atoms with Crippen molar-refractivity contribution in [1.82, 2.24) is 10.3 Å². The number of fused-ring (bicyclic) bond motifs is 1. The van der Waals surface area contributed by atoms with Gasteiger partial charge in [-0.25, -0.2) is 4.98 Å². The van der Waals surface area contributed by atoms with Crippen LogP contribution in [0.15, 0.2) is 0 Å².